The fourth-order valence-electron chi connectivity index (χ4n) is 2.87. The Morgan fingerprint density at radius 1 is 0.848 bits per heavy atom. The molecule has 0 atom stereocenters. The predicted molar refractivity (Wildman–Crippen MR) is 106 cm³/mol. The van der Waals surface area contributed by atoms with Gasteiger partial charge >= 0.3 is 19.2 Å². The van der Waals surface area contributed by atoms with Gasteiger partial charge in [-0.05, 0) is 42.0 Å². The van der Waals surface area contributed by atoms with Gasteiger partial charge in [0.15, 0.2) is 28.7 Å². The van der Waals surface area contributed by atoms with E-state index in [0.717, 1.165) is 0 Å². The molecule has 0 bridgehead atoms. The third kappa shape index (κ3) is 5.45. The molecule has 0 aromatic heterocycles. The van der Waals surface area contributed by atoms with E-state index in [2.05, 4.69) is 14.5 Å². The Morgan fingerprint density at radius 3 is 2.00 bits per heavy atom. The van der Waals surface area contributed by atoms with Gasteiger partial charge in [-0.3, -0.25) is 0 Å². The largest absolute Gasteiger partial charge is 0.493 e. The van der Waals surface area contributed by atoms with Crippen molar-refractivity contribution in [3.63, 3.8) is 0 Å². The standard InChI is InChI=1S/C21H17F4NO7/c1-28-14-9-11(4-5-13(14)31-20(22)23)18-26-12(19(27)33-18)6-10-7-15(29-2)17(32-21(24)25)16(8-10)30-3/h4-9,20-21H,1-3H3/b12-6-. The minimum absolute atomic E-state index is 0.0203. The van der Waals surface area contributed by atoms with Gasteiger partial charge in [-0.25, -0.2) is 9.79 Å². The van der Waals surface area contributed by atoms with Crippen molar-refractivity contribution in [1.82, 2.24) is 0 Å². The Hall–Kier alpha value is -3.96. The van der Waals surface area contributed by atoms with Crippen LogP contribution in [0.1, 0.15) is 11.1 Å². The number of benzene rings is 2. The number of ether oxygens (including phenoxy) is 6. The molecule has 0 saturated carbocycles. The normalized spacial score (nSPS) is 14.4. The molecule has 33 heavy (non-hydrogen) atoms. The average Bonchev–Trinajstić information content (AvgIpc) is 3.14. The zero-order valence-electron chi connectivity index (χ0n) is 17.4. The summed E-state index contributed by atoms with van der Waals surface area (Å²) in [5, 5.41) is 0. The quantitative estimate of drug-likeness (QED) is 0.307. The molecule has 2 aromatic rings. The maximum absolute atomic E-state index is 12.7. The van der Waals surface area contributed by atoms with Crippen LogP contribution in [-0.4, -0.2) is 46.4 Å². The Bertz CT molecular complexity index is 1080. The number of halogens is 4. The first-order chi connectivity index (χ1) is 15.7. The fraction of sp³-hybridized carbons (Fsp3) is 0.238. The van der Waals surface area contributed by atoms with E-state index in [0.29, 0.717) is 5.56 Å². The zero-order valence-corrected chi connectivity index (χ0v) is 17.4. The van der Waals surface area contributed by atoms with Crippen LogP contribution in [0.3, 0.4) is 0 Å². The van der Waals surface area contributed by atoms with E-state index in [-0.39, 0.29) is 45.9 Å². The number of esters is 1. The minimum Gasteiger partial charge on any atom is -0.493 e. The van der Waals surface area contributed by atoms with E-state index in [9.17, 15) is 22.4 Å². The highest BCUT2D eigenvalue weighted by molar-refractivity contribution is 6.13. The van der Waals surface area contributed by atoms with Crippen molar-refractivity contribution >= 4 is 17.9 Å². The van der Waals surface area contributed by atoms with Crippen LogP contribution < -0.4 is 23.7 Å². The molecule has 3 rings (SSSR count). The number of carbonyl (C=O) groups is 1. The summed E-state index contributed by atoms with van der Waals surface area (Å²) in [6.07, 6.45) is 1.32. The number of cyclic esters (lactones) is 1. The van der Waals surface area contributed by atoms with E-state index in [4.69, 9.17) is 18.9 Å². The second kappa shape index (κ2) is 10.1. The molecule has 2 aromatic carbocycles. The lowest BCUT2D eigenvalue weighted by molar-refractivity contribution is -0.129. The second-order valence-electron chi connectivity index (χ2n) is 6.21. The van der Waals surface area contributed by atoms with Crippen molar-refractivity contribution in [2.75, 3.05) is 21.3 Å². The van der Waals surface area contributed by atoms with Gasteiger partial charge in [0.25, 0.3) is 0 Å². The predicted octanol–water partition coefficient (Wildman–Crippen LogP) is 4.26. The molecular weight excluding hydrogens is 454 g/mol. The Balaban J connectivity index is 1.96. The highest BCUT2D eigenvalue weighted by atomic mass is 19.3. The number of nitrogens with zero attached hydrogens (tertiary/aromatic N) is 1. The van der Waals surface area contributed by atoms with E-state index in [1.54, 1.807) is 0 Å². The van der Waals surface area contributed by atoms with E-state index in [1.807, 2.05) is 0 Å². The van der Waals surface area contributed by atoms with Crippen molar-refractivity contribution in [2.45, 2.75) is 13.2 Å². The number of hydrogen-bond acceptors (Lipinski definition) is 8. The Kier molecular flexibility index (Phi) is 7.26. The van der Waals surface area contributed by atoms with Crippen molar-refractivity contribution < 1.29 is 50.8 Å². The van der Waals surface area contributed by atoms with Crippen molar-refractivity contribution in [3.8, 4) is 28.7 Å². The Labute approximate surface area is 184 Å². The van der Waals surface area contributed by atoms with Crippen LogP contribution in [-0.2, 0) is 9.53 Å². The van der Waals surface area contributed by atoms with E-state index in [1.165, 1.54) is 57.7 Å². The summed E-state index contributed by atoms with van der Waals surface area (Å²) in [6, 6.07) is 6.57. The first-order valence-corrected chi connectivity index (χ1v) is 9.12. The molecule has 0 N–H and O–H groups in total. The van der Waals surface area contributed by atoms with Crippen molar-refractivity contribution in [3.05, 3.63) is 47.2 Å². The third-order valence-electron chi connectivity index (χ3n) is 4.24. The van der Waals surface area contributed by atoms with Crippen LogP contribution >= 0.6 is 0 Å². The molecule has 1 aliphatic heterocycles. The summed E-state index contributed by atoms with van der Waals surface area (Å²) >= 11 is 0. The fourth-order valence-corrected chi connectivity index (χ4v) is 2.87. The van der Waals surface area contributed by atoms with Crippen LogP contribution in [0.15, 0.2) is 41.0 Å². The van der Waals surface area contributed by atoms with Crippen LogP contribution in [0.5, 0.6) is 28.7 Å². The summed E-state index contributed by atoms with van der Waals surface area (Å²) in [5.74, 6) is -1.57. The molecule has 176 valence electrons. The second-order valence-corrected chi connectivity index (χ2v) is 6.21. The molecule has 0 amide bonds. The average molecular weight is 471 g/mol. The summed E-state index contributed by atoms with van der Waals surface area (Å²) in [4.78, 5) is 16.4. The van der Waals surface area contributed by atoms with Gasteiger partial charge < -0.3 is 28.4 Å². The van der Waals surface area contributed by atoms with Gasteiger partial charge in [0.05, 0.1) is 21.3 Å². The van der Waals surface area contributed by atoms with Gasteiger partial charge in [0.2, 0.25) is 11.6 Å². The maximum atomic E-state index is 12.7. The highest BCUT2D eigenvalue weighted by Gasteiger charge is 2.26. The molecule has 0 radical (unpaired) electrons. The first-order valence-electron chi connectivity index (χ1n) is 9.12. The number of hydrogen-bond donors (Lipinski definition) is 0. The highest BCUT2D eigenvalue weighted by Crippen LogP contribution is 2.40. The lowest BCUT2D eigenvalue weighted by Gasteiger charge is -2.14. The SMILES string of the molecule is COc1cc(C2=N/C(=C\c3cc(OC)c(OC(F)F)c(OC)c3)C(=O)O2)ccc1OC(F)F. The molecule has 12 heteroatoms. The summed E-state index contributed by atoms with van der Waals surface area (Å²) in [7, 11) is 3.76. The van der Waals surface area contributed by atoms with Gasteiger partial charge in [-0.15, -0.1) is 0 Å². The first kappa shape index (κ1) is 23.7. The topological polar surface area (TPSA) is 84.8 Å². The van der Waals surface area contributed by atoms with Crippen LogP contribution in [0.4, 0.5) is 17.6 Å². The molecule has 1 heterocycles. The van der Waals surface area contributed by atoms with Crippen LogP contribution in [0, 0.1) is 0 Å². The van der Waals surface area contributed by atoms with Gasteiger partial charge in [0, 0.05) is 5.56 Å². The number of rotatable bonds is 9. The maximum Gasteiger partial charge on any atom is 0.387 e. The van der Waals surface area contributed by atoms with Crippen LogP contribution in [0.2, 0.25) is 0 Å². The smallest absolute Gasteiger partial charge is 0.387 e. The van der Waals surface area contributed by atoms with Gasteiger partial charge in [-0.2, -0.15) is 17.6 Å². The molecule has 8 nitrogen and oxygen atoms in total. The minimum atomic E-state index is -3.11. The number of aliphatic imine (C=N–C) groups is 1. The number of alkyl halides is 4. The summed E-state index contributed by atoms with van der Waals surface area (Å²) in [6.45, 7) is -6.16. The number of methoxy groups -OCH3 is 3. The van der Waals surface area contributed by atoms with Gasteiger partial charge in [-0.1, -0.05) is 0 Å². The molecular formula is C21H17F4NO7. The summed E-state index contributed by atoms with van der Waals surface area (Å²) in [5.41, 5.74) is 0.463. The molecule has 1 aliphatic rings. The molecule has 0 spiro atoms. The van der Waals surface area contributed by atoms with E-state index < -0.39 is 19.2 Å². The van der Waals surface area contributed by atoms with Gasteiger partial charge in [0.1, 0.15) is 0 Å². The van der Waals surface area contributed by atoms with Crippen LogP contribution in [0.25, 0.3) is 6.08 Å². The van der Waals surface area contributed by atoms with Crippen molar-refractivity contribution in [2.24, 2.45) is 4.99 Å². The third-order valence-corrected chi connectivity index (χ3v) is 4.24. The lowest BCUT2D eigenvalue weighted by Crippen LogP contribution is -2.07. The molecule has 0 unspecified atom stereocenters. The molecule has 0 saturated heterocycles. The lowest BCUT2D eigenvalue weighted by atomic mass is 10.1. The zero-order chi connectivity index (χ0) is 24.1. The number of carbonyl (C=O) groups excluding carboxylic acids is 1. The molecule has 0 aliphatic carbocycles. The van der Waals surface area contributed by atoms with E-state index >= 15 is 0 Å². The summed E-state index contributed by atoms with van der Waals surface area (Å²) < 4.78 is 79.5. The monoisotopic (exact) mass is 471 g/mol. The molecule has 0 fully saturated rings. The Morgan fingerprint density at radius 2 is 1.45 bits per heavy atom. The van der Waals surface area contributed by atoms with Crippen molar-refractivity contribution in [1.29, 1.82) is 0 Å².